The third kappa shape index (κ3) is 1.35. The van der Waals surface area contributed by atoms with Gasteiger partial charge in [0.25, 0.3) is 0 Å². The first-order chi connectivity index (χ1) is 6.18. The van der Waals surface area contributed by atoms with Gasteiger partial charge in [0.15, 0.2) is 0 Å². The van der Waals surface area contributed by atoms with E-state index in [0.29, 0.717) is 5.56 Å². The maximum Gasteiger partial charge on any atom is 0.126 e. The summed E-state index contributed by atoms with van der Waals surface area (Å²) in [4.78, 5) is 0. The van der Waals surface area contributed by atoms with E-state index in [1.54, 1.807) is 20.1 Å². The van der Waals surface area contributed by atoms with Crippen molar-refractivity contribution in [2.24, 2.45) is 0 Å². The van der Waals surface area contributed by atoms with Crippen LogP contribution in [0.5, 0.6) is 0 Å². The molecule has 0 amide bonds. The van der Waals surface area contributed by atoms with E-state index in [0.717, 1.165) is 18.4 Å². The monoisotopic (exact) mass is 180 g/mol. The summed E-state index contributed by atoms with van der Waals surface area (Å²) in [5.41, 5.74) is 1.49. The fourth-order valence-corrected chi connectivity index (χ4v) is 1.60. The van der Waals surface area contributed by atoms with Crippen LogP contribution in [0.4, 0.5) is 4.39 Å². The molecular formula is C11H13FO. The maximum atomic E-state index is 13.2. The first kappa shape index (κ1) is 8.70. The van der Waals surface area contributed by atoms with Crippen LogP contribution in [0, 0.1) is 12.7 Å². The zero-order valence-electron chi connectivity index (χ0n) is 7.93. The minimum absolute atomic E-state index is 0.138. The van der Waals surface area contributed by atoms with Crippen LogP contribution in [0.25, 0.3) is 0 Å². The van der Waals surface area contributed by atoms with Crippen LogP contribution in [-0.2, 0) is 10.3 Å². The third-order valence-corrected chi connectivity index (χ3v) is 2.79. The summed E-state index contributed by atoms with van der Waals surface area (Å²) in [6.45, 7) is 1.77. The predicted octanol–water partition coefficient (Wildman–Crippen LogP) is 2.77. The Morgan fingerprint density at radius 1 is 1.38 bits per heavy atom. The summed E-state index contributed by atoms with van der Waals surface area (Å²) in [5.74, 6) is -0.138. The summed E-state index contributed by atoms with van der Waals surface area (Å²) >= 11 is 0. The normalized spacial score (nSPS) is 18.7. The van der Waals surface area contributed by atoms with Crippen LogP contribution in [0.1, 0.15) is 24.0 Å². The van der Waals surface area contributed by atoms with E-state index in [-0.39, 0.29) is 11.4 Å². The van der Waals surface area contributed by atoms with Gasteiger partial charge in [-0.3, -0.25) is 0 Å². The molecule has 0 bridgehead atoms. The van der Waals surface area contributed by atoms with Crippen molar-refractivity contribution >= 4 is 0 Å². The van der Waals surface area contributed by atoms with Gasteiger partial charge in [0, 0.05) is 7.11 Å². The molecule has 0 radical (unpaired) electrons. The van der Waals surface area contributed by atoms with E-state index in [9.17, 15) is 4.39 Å². The van der Waals surface area contributed by atoms with Gasteiger partial charge in [0.05, 0.1) is 5.60 Å². The van der Waals surface area contributed by atoms with E-state index < -0.39 is 0 Å². The standard InChI is InChI=1S/C11H13FO/c1-8-3-4-9(7-10(8)12)11(13-2)5-6-11/h3-4,7H,5-6H2,1-2H3. The molecule has 1 aliphatic carbocycles. The summed E-state index contributed by atoms with van der Waals surface area (Å²) < 4.78 is 18.6. The van der Waals surface area contributed by atoms with Crippen LogP contribution >= 0.6 is 0 Å². The lowest BCUT2D eigenvalue weighted by Crippen LogP contribution is -2.09. The average molecular weight is 180 g/mol. The second kappa shape index (κ2) is 2.81. The molecule has 0 N–H and O–H groups in total. The van der Waals surface area contributed by atoms with E-state index in [4.69, 9.17) is 4.74 Å². The largest absolute Gasteiger partial charge is 0.374 e. The summed E-state index contributed by atoms with van der Waals surface area (Å²) in [7, 11) is 1.69. The Morgan fingerprint density at radius 2 is 2.08 bits per heavy atom. The van der Waals surface area contributed by atoms with Crippen molar-refractivity contribution in [2.75, 3.05) is 7.11 Å². The Morgan fingerprint density at radius 3 is 2.54 bits per heavy atom. The highest BCUT2D eigenvalue weighted by molar-refractivity contribution is 5.31. The molecule has 1 aromatic carbocycles. The van der Waals surface area contributed by atoms with Gasteiger partial charge in [-0.05, 0) is 37.0 Å². The van der Waals surface area contributed by atoms with E-state index in [1.807, 2.05) is 12.1 Å². The third-order valence-electron chi connectivity index (χ3n) is 2.79. The molecule has 0 unspecified atom stereocenters. The zero-order valence-corrected chi connectivity index (χ0v) is 7.93. The number of ether oxygens (including phenoxy) is 1. The van der Waals surface area contributed by atoms with Crippen LogP contribution in [-0.4, -0.2) is 7.11 Å². The summed E-state index contributed by atoms with van der Waals surface area (Å²) in [6.07, 6.45) is 2.01. The molecule has 1 aliphatic rings. The lowest BCUT2D eigenvalue weighted by molar-refractivity contribution is 0.0786. The van der Waals surface area contributed by atoms with Gasteiger partial charge in [0.2, 0.25) is 0 Å². The number of hydrogen-bond donors (Lipinski definition) is 0. The Bertz CT molecular complexity index is 329. The first-order valence-corrected chi connectivity index (χ1v) is 4.50. The van der Waals surface area contributed by atoms with Crippen molar-refractivity contribution in [1.29, 1.82) is 0 Å². The minimum atomic E-state index is -0.172. The fourth-order valence-electron chi connectivity index (χ4n) is 1.60. The van der Waals surface area contributed by atoms with Gasteiger partial charge in [-0.1, -0.05) is 12.1 Å². The summed E-state index contributed by atoms with van der Waals surface area (Å²) in [6, 6.07) is 5.35. The number of aryl methyl sites for hydroxylation is 1. The molecule has 1 aromatic rings. The summed E-state index contributed by atoms with van der Waals surface area (Å²) in [5, 5.41) is 0. The van der Waals surface area contributed by atoms with E-state index in [1.165, 1.54) is 0 Å². The van der Waals surface area contributed by atoms with Gasteiger partial charge in [0.1, 0.15) is 5.82 Å². The SMILES string of the molecule is COC1(c2ccc(C)c(F)c2)CC1. The zero-order chi connectivity index (χ0) is 9.47. The smallest absolute Gasteiger partial charge is 0.126 e. The molecule has 0 heterocycles. The molecule has 1 fully saturated rings. The van der Waals surface area contributed by atoms with Crippen LogP contribution in [0.2, 0.25) is 0 Å². The molecule has 13 heavy (non-hydrogen) atoms. The number of benzene rings is 1. The van der Waals surface area contributed by atoms with E-state index in [2.05, 4.69) is 0 Å². The highest BCUT2D eigenvalue weighted by Gasteiger charge is 2.44. The molecule has 70 valence electrons. The van der Waals surface area contributed by atoms with Crippen molar-refractivity contribution in [2.45, 2.75) is 25.4 Å². The molecule has 0 atom stereocenters. The molecule has 2 rings (SSSR count). The molecule has 0 aromatic heterocycles. The second-order valence-corrected chi connectivity index (χ2v) is 3.66. The molecule has 0 saturated heterocycles. The van der Waals surface area contributed by atoms with E-state index >= 15 is 0 Å². The van der Waals surface area contributed by atoms with Crippen LogP contribution in [0.15, 0.2) is 18.2 Å². The maximum absolute atomic E-state index is 13.2. The quantitative estimate of drug-likeness (QED) is 0.680. The minimum Gasteiger partial charge on any atom is -0.374 e. The number of halogens is 1. The Balaban J connectivity index is 2.37. The number of rotatable bonds is 2. The van der Waals surface area contributed by atoms with Crippen LogP contribution in [0.3, 0.4) is 0 Å². The Kier molecular flexibility index (Phi) is 1.88. The Labute approximate surface area is 77.5 Å². The number of methoxy groups -OCH3 is 1. The topological polar surface area (TPSA) is 9.23 Å². The first-order valence-electron chi connectivity index (χ1n) is 4.50. The Hall–Kier alpha value is -0.890. The molecule has 2 heteroatoms. The molecule has 0 spiro atoms. The van der Waals surface area contributed by atoms with Crippen molar-refractivity contribution in [3.63, 3.8) is 0 Å². The van der Waals surface area contributed by atoms with Crippen LogP contribution < -0.4 is 0 Å². The highest BCUT2D eigenvalue weighted by atomic mass is 19.1. The lowest BCUT2D eigenvalue weighted by Gasteiger charge is -2.13. The molecule has 1 nitrogen and oxygen atoms in total. The lowest BCUT2D eigenvalue weighted by atomic mass is 10.1. The average Bonchev–Trinajstić information content (AvgIpc) is 2.90. The van der Waals surface area contributed by atoms with Crippen molar-refractivity contribution in [3.05, 3.63) is 35.1 Å². The van der Waals surface area contributed by atoms with Gasteiger partial charge < -0.3 is 4.74 Å². The fraction of sp³-hybridized carbons (Fsp3) is 0.455. The second-order valence-electron chi connectivity index (χ2n) is 3.66. The molecule has 1 saturated carbocycles. The van der Waals surface area contributed by atoms with Gasteiger partial charge >= 0.3 is 0 Å². The van der Waals surface area contributed by atoms with Gasteiger partial charge in [-0.15, -0.1) is 0 Å². The van der Waals surface area contributed by atoms with Crippen molar-refractivity contribution in [3.8, 4) is 0 Å². The predicted molar refractivity (Wildman–Crippen MR) is 49.1 cm³/mol. The van der Waals surface area contributed by atoms with Crippen molar-refractivity contribution < 1.29 is 9.13 Å². The van der Waals surface area contributed by atoms with Crippen molar-refractivity contribution in [1.82, 2.24) is 0 Å². The molecule has 0 aliphatic heterocycles. The molecular weight excluding hydrogens is 167 g/mol. The van der Waals surface area contributed by atoms with Gasteiger partial charge in [-0.2, -0.15) is 0 Å². The van der Waals surface area contributed by atoms with Gasteiger partial charge in [-0.25, -0.2) is 4.39 Å². The highest BCUT2D eigenvalue weighted by Crippen LogP contribution is 2.48. The number of hydrogen-bond acceptors (Lipinski definition) is 1.